The number of rotatable bonds is 6. The molecule has 0 bridgehead atoms. The standard InChI is InChI=1S/C20H19ClFN3O4/c21-14-8-12(9-15(22)11-14)4-6-24-18(27)20(29)5-7-25(19(20)28)16-3-1-2-13(10-16)17(23)26/h1-3,8-11,29H,4-7H2,(H2,23,26)(H,24,27)/t20-/m1/s1. The van der Waals surface area contributed by atoms with Crippen LogP contribution < -0.4 is 16.0 Å². The maximum absolute atomic E-state index is 13.4. The van der Waals surface area contributed by atoms with Gasteiger partial charge in [0.05, 0.1) is 0 Å². The molecule has 1 aliphatic rings. The summed E-state index contributed by atoms with van der Waals surface area (Å²) in [6, 6.07) is 10.1. The second kappa shape index (κ2) is 8.18. The van der Waals surface area contributed by atoms with E-state index >= 15 is 0 Å². The van der Waals surface area contributed by atoms with Crippen molar-refractivity contribution >= 4 is 35.0 Å². The second-order valence-electron chi connectivity index (χ2n) is 6.77. The summed E-state index contributed by atoms with van der Waals surface area (Å²) in [5, 5.41) is 13.4. The van der Waals surface area contributed by atoms with Crippen LogP contribution in [-0.4, -0.2) is 41.5 Å². The molecule has 0 saturated carbocycles. The number of hydrogen-bond acceptors (Lipinski definition) is 4. The van der Waals surface area contributed by atoms with Crippen molar-refractivity contribution in [3.63, 3.8) is 0 Å². The number of anilines is 1. The fourth-order valence-electron chi connectivity index (χ4n) is 3.21. The number of carbonyl (C=O) groups is 3. The summed E-state index contributed by atoms with van der Waals surface area (Å²) in [5.74, 6) is -2.76. The fourth-order valence-corrected chi connectivity index (χ4v) is 3.46. The van der Waals surface area contributed by atoms with Crippen molar-refractivity contribution < 1.29 is 23.9 Å². The highest BCUT2D eigenvalue weighted by atomic mass is 35.5. The number of nitrogens with one attached hydrogen (secondary N) is 1. The Balaban J connectivity index is 1.65. The van der Waals surface area contributed by atoms with Crippen molar-refractivity contribution in [3.05, 3.63) is 64.4 Å². The summed E-state index contributed by atoms with van der Waals surface area (Å²) in [6.45, 7) is 0.190. The van der Waals surface area contributed by atoms with E-state index < -0.39 is 29.1 Å². The monoisotopic (exact) mass is 419 g/mol. The first-order chi connectivity index (χ1) is 13.7. The van der Waals surface area contributed by atoms with E-state index in [1.807, 2.05) is 0 Å². The third-order valence-electron chi connectivity index (χ3n) is 4.74. The van der Waals surface area contributed by atoms with Crippen LogP contribution in [0, 0.1) is 5.82 Å². The molecule has 0 unspecified atom stereocenters. The van der Waals surface area contributed by atoms with Crippen LogP contribution in [0.2, 0.25) is 5.02 Å². The normalized spacial score (nSPS) is 18.7. The van der Waals surface area contributed by atoms with E-state index in [-0.39, 0.29) is 36.5 Å². The first kappa shape index (κ1) is 20.8. The molecule has 0 aromatic heterocycles. The molecular weight excluding hydrogens is 401 g/mol. The minimum Gasteiger partial charge on any atom is -0.372 e. The molecule has 0 spiro atoms. The number of halogens is 2. The number of nitrogens with zero attached hydrogens (tertiary/aromatic N) is 1. The molecular formula is C20H19ClFN3O4. The van der Waals surface area contributed by atoms with Crippen LogP contribution in [0.3, 0.4) is 0 Å². The Bertz CT molecular complexity index is 964. The Morgan fingerprint density at radius 3 is 2.72 bits per heavy atom. The van der Waals surface area contributed by atoms with Gasteiger partial charge in [0.1, 0.15) is 5.82 Å². The van der Waals surface area contributed by atoms with E-state index in [0.717, 1.165) is 0 Å². The molecule has 1 atom stereocenters. The first-order valence-electron chi connectivity index (χ1n) is 8.88. The summed E-state index contributed by atoms with van der Waals surface area (Å²) in [6.07, 6.45) is 0.169. The van der Waals surface area contributed by atoms with Crippen molar-refractivity contribution in [2.45, 2.75) is 18.4 Å². The molecule has 1 saturated heterocycles. The topological polar surface area (TPSA) is 113 Å². The summed E-state index contributed by atoms with van der Waals surface area (Å²) < 4.78 is 13.4. The van der Waals surface area contributed by atoms with Gasteiger partial charge >= 0.3 is 0 Å². The maximum Gasteiger partial charge on any atom is 0.268 e. The minimum atomic E-state index is -2.22. The van der Waals surface area contributed by atoms with E-state index in [9.17, 15) is 23.9 Å². The second-order valence-corrected chi connectivity index (χ2v) is 7.20. The summed E-state index contributed by atoms with van der Waals surface area (Å²) in [7, 11) is 0. The van der Waals surface area contributed by atoms with E-state index in [1.165, 1.54) is 29.2 Å². The SMILES string of the molecule is NC(=O)c1cccc(N2CC[C@@](O)(C(=O)NCCc3cc(F)cc(Cl)c3)C2=O)c1. The average molecular weight is 420 g/mol. The van der Waals surface area contributed by atoms with Gasteiger partial charge in [-0.15, -0.1) is 0 Å². The Labute approximate surface area is 171 Å². The molecule has 7 nitrogen and oxygen atoms in total. The largest absolute Gasteiger partial charge is 0.372 e. The third kappa shape index (κ3) is 4.38. The predicted octanol–water partition coefficient (Wildman–Crippen LogP) is 1.40. The summed E-state index contributed by atoms with van der Waals surface area (Å²) >= 11 is 5.79. The number of primary amides is 1. The highest BCUT2D eigenvalue weighted by Gasteiger charge is 2.51. The zero-order valence-corrected chi connectivity index (χ0v) is 16.1. The van der Waals surface area contributed by atoms with Gasteiger partial charge in [0.25, 0.3) is 11.8 Å². The van der Waals surface area contributed by atoms with Gasteiger partial charge in [0, 0.05) is 35.8 Å². The van der Waals surface area contributed by atoms with Crippen LogP contribution in [0.4, 0.5) is 10.1 Å². The van der Waals surface area contributed by atoms with Crippen molar-refractivity contribution in [2.75, 3.05) is 18.0 Å². The molecule has 2 aromatic carbocycles. The Hall–Kier alpha value is -2.97. The van der Waals surface area contributed by atoms with Gasteiger partial charge < -0.3 is 21.1 Å². The molecule has 3 rings (SSSR count). The number of benzene rings is 2. The number of hydrogen-bond donors (Lipinski definition) is 3. The van der Waals surface area contributed by atoms with Crippen molar-refractivity contribution in [1.82, 2.24) is 5.32 Å². The molecule has 1 aliphatic heterocycles. The molecule has 29 heavy (non-hydrogen) atoms. The van der Waals surface area contributed by atoms with Gasteiger partial charge in [0.15, 0.2) is 0 Å². The van der Waals surface area contributed by atoms with Gasteiger partial charge in [-0.2, -0.15) is 0 Å². The first-order valence-corrected chi connectivity index (χ1v) is 9.26. The van der Waals surface area contributed by atoms with Gasteiger partial charge in [-0.25, -0.2) is 4.39 Å². The number of carbonyl (C=O) groups excluding carboxylic acids is 3. The third-order valence-corrected chi connectivity index (χ3v) is 4.95. The van der Waals surface area contributed by atoms with Crippen LogP contribution in [0.5, 0.6) is 0 Å². The maximum atomic E-state index is 13.4. The highest BCUT2D eigenvalue weighted by Crippen LogP contribution is 2.29. The average Bonchev–Trinajstić information content (AvgIpc) is 2.97. The quantitative estimate of drug-likeness (QED) is 0.614. The number of amides is 3. The lowest BCUT2D eigenvalue weighted by Crippen LogP contribution is -2.52. The molecule has 2 aromatic rings. The number of aliphatic hydroxyl groups is 1. The lowest BCUT2D eigenvalue weighted by Gasteiger charge is -2.22. The fraction of sp³-hybridized carbons (Fsp3) is 0.250. The molecule has 3 amide bonds. The molecule has 1 heterocycles. The van der Waals surface area contributed by atoms with Gasteiger partial charge in [-0.05, 0) is 48.4 Å². The van der Waals surface area contributed by atoms with Crippen LogP contribution in [0.15, 0.2) is 42.5 Å². The van der Waals surface area contributed by atoms with Crippen LogP contribution in [0.25, 0.3) is 0 Å². The van der Waals surface area contributed by atoms with Gasteiger partial charge in [0.2, 0.25) is 11.5 Å². The number of nitrogens with two attached hydrogens (primary N) is 1. The zero-order valence-electron chi connectivity index (χ0n) is 15.3. The molecule has 9 heteroatoms. The molecule has 0 aliphatic carbocycles. The lowest BCUT2D eigenvalue weighted by molar-refractivity contribution is -0.149. The highest BCUT2D eigenvalue weighted by molar-refractivity contribution is 6.30. The smallest absolute Gasteiger partial charge is 0.268 e. The van der Waals surface area contributed by atoms with Crippen molar-refractivity contribution in [1.29, 1.82) is 0 Å². The van der Waals surface area contributed by atoms with Gasteiger partial charge in [-0.3, -0.25) is 14.4 Å². The lowest BCUT2D eigenvalue weighted by atomic mass is 10.0. The van der Waals surface area contributed by atoms with E-state index in [0.29, 0.717) is 11.3 Å². The zero-order chi connectivity index (χ0) is 21.2. The Kier molecular flexibility index (Phi) is 5.86. The van der Waals surface area contributed by atoms with E-state index in [4.69, 9.17) is 17.3 Å². The van der Waals surface area contributed by atoms with Crippen LogP contribution in [0.1, 0.15) is 22.3 Å². The Morgan fingerprint density at radius 1 is 1.28 bits per heavy atom. The molecule has 0 radical (unpaired) electrons. The summed E-state index contributed by atoms with van der Waals surface area (Å²) in [5.41, 5.74) is 4.18. The molecule has 1 fully saturated rings. The van der Waals surface area contributed by atoms with Crippen molar-refractivity contribution in [3.8, 4) is 0 Å². The van der Waals surface area contributed by atoms with E-state index in [2.05, 4.69) is 5.32 Å². The molecule has 4 N–H and O–H groups in total. The van der Waals surface area contributed by atoms with Crippen LogP contribution >= 0.6 is 11.6 Å². The predicted molar refractivity (Wildman–Crippen MR) is 105 cm³/mol. The summed E-state index contributed by atoms with van der Waals surface area (Å²) in [4.78, 5) is 37.7. The van der Waals surface area contributed by atoms with E-state index in [1.54, 1.807) is 18.2 Å². The van der Waals surface area contributed by atoms with Crippen molar-refractivity contribution in [2.24, 2.45) is 5.73 Å². The molecule has 152 valence electrons. The van der Waals surface area contributed by atoms with Crippen LogP contribution in [-0.2, 0) is 16.0 Å². The Morgan fingerprint density at radius 2 is 2.03 bits per heavy atom. The van der Waals surface area contributed by atoms with Gasteiger partial charge in [-0.1, -0.05) is 17.7 Å². The minimum absolute atomic E-state index is 0.0887.